The average molecular weight is 266 g/mol. The Kier molecular flexibility index (Phi) is 5.36. The second-order valence-corrected chi connectivity index (χ2v) is 4.73. The third-order valence-corrected chi connectivity index (χ3v) is 3.43. The molecule has 1 heterocycles. The third-order valence-electron chi connectivity index (χ3n) is 3.43. The molecule has 0 saturated heterocycles. The van der Waals surface area contributed by atoms with Gasteiger partial charge in [-0.1, -0.05) is 24.3 Å². The number of rotatable bonds is 6. The molecule has 0 saturated carbocycles. The van der Waals surface area contributed by atoms with E-state index in [0.717, 1.165) is 19.5 Å². The van der Waals surface area contributed by atoms with Gasteiger partial charge < -0.3 is 4.90 Å². The van der Waals surface area contributed by atoms with Crippen molar-refractivity contribution in [3.63, 3.8) is 0 Å². The first-order valence-corrected chi connectivity index (χ1v) is 7.24. The Hall–Kier alpha value is -2.09. The Morgan fingerprint density at radius 1 is 0.950 bits per heavy atom. The summed E-state index contributed by atoms with van der Waals surface area (Å²) < 4.78 is 0. The van der Waals surface area contributed by atoms with Crippen LogP contribution < -0.4 is 4.90 Å². The maximum absolute atomic E-state index is 4.03. The molecule has 2 aromatic rings. The van der Waals surface area contributed by atoms with Crippen LogP contribution in [-0.4, -0.2) is 18.1 Å². The first-order chi connectivity index (χ1) is 9.83. The van der Waals surface area contributed by atoms with Crippen molar-refractivity contribution in [1.29, 1.82) is 0 Å². The van der Waals surface area contributed by atoms with Crippen LogP contribution in [0.25, 0.3) is 6.08 Å². The van der Waals surface area contributed by atoms with Gasteiger partial charge in [0.1, 0.15) is 0 Å². The molecular formula is C18H22N2. The van der Waals surface area contributed by atoms with Gasteiger partial charge in [0.15, 0.2) is 0 Å². The lowest BCUT2D eigenvalue weighted by Crippen LogP contribution is -2.21. The molecule has 0 fully saturated rings. The molecule has 0 spiro atoms. The highest BCUT2D eigenvalue weighted by atomic mass is 15.1. The molecular weight excluding hydrogens is 244 g/mol. The molecule has 0 aliphatic heterocycles. The van der Waals surface area contributed by atoms with Gasteiger partial charge in [-0.05, 0) is 55.7 Å². The van der Waals surface area contributed by atoms with Gasteiger partial charge in [-0.15, -0.1) is 0 Å². The molecule has 1 aromatic carbocycles. The van der Waals surface area contributed by atoms with Crippen LogP contribution in [0.1, 0.15) is 25.0 Å². The van der Waals surface area contributed by atoms with E-state index in [9.17, 15) is 0 Å². The van der Waals surface area contributed by atoms with Crippen LogP contribution in [-0.2, 0) is 6.42 Å². The number of aromatic nitrogens is 1. The van der Waals surface area contributed by atoms with E-state index >= 15 is 0 Å². The SMILES string of the molecule is CCN(CC)c1ccc(C=CCc2ccncc2)cc1. The monoisotopic (exact) mass is 266 g/mol. The third kappa shape index (κ3) is 3.95. The summed E-state index contributed by atoms with van der Waals surface area (Å²) in [6.45, 7) is 6.47. The van der Waals surface area contributed by atoms with Crippen molar-refractivity contribution < 1.29 is 0 Å². The lowest BCUT2D eigenvalue weighted by Gasteiger charge is -2.20. The van der Waals surface area contributed by atoms with Gasteiger partial charge >= 0.3 is 0 Å². The van der Waals surface area contributed by atoms with E-state index in [1.54, 1.807) is 0 Å². The zero-order chi connectivity index (χ0) is 14.2. The molecule has 2 rings (SSSR count). The molecule has 0 aliphatic carbocycles. The van der Waals surface area contributed by atoms with Crippen LogP contribution >= 0.6 is 0 Å². The topological polar surface area (TPSA) is 16.1 Å². The first-order valence-electron chi connectivity index (χ1n) is 7.24. The number of nitrogens with zero attached hydrogens (tertiary/aromatic N) is 2. The maximum Gasteiger partial charge on any atom is 0.0366 e. The molecule has 0 aliphatic rings. The van der Waals surface area contributed by atoms with Crippen LogP contribution in [0.5, 0.6) is 0 Å². The molecule has 0 bridgehead atoms. The van der Waals surface area contributed by atoms with Crippen LogP contribution in [0.4, 0.5) is 5.69 Å². The van der Waals surface area contributed by atoms with E-state index in [1.807, 2.05) is 24.5 Å². The van der Waals surface area contributed by atoms with Crippen LogP contribution in [0.3, 0.4) is 0 Å². The zero-order valence-electron chi connectivity index (χ0n) is 12.3. The lowest BCUT2D eigenvalue weighted by atomic mass is 10.1. The van der Waals surface area contributed by atoms with Gasteiger partial charge in [-0.25, -0.2) is 0 Å². The smallest absolute Gasteiger partial charge is 0.0366 e. The van der Waals surface area contributed by atoms with Gasteiger partial charge in [-0.2, -0.15) is 0 Å². The minimum absolute atomic E-state index is 0.945. The van der Waals surface area contributed by atoms with Gasteiger partial charge in [0.25, 0.3) is 0 Å². The Bertz CT molecular complexity index is 525. The summed E-state index contributed by atoms with van der Waals surface area (Å²) in [6.07, 6.45) is 8.98. The molecule has 1 aromatic heterocycles. The predicted molar refractivity (Wildman–Crippen MR) is 87.0 cm³/mol. The molecule has 0 unspecified atom stereocenters. The van der Waals surface area contributed by atoms with Gasteiger partial charge in [-0.3, -0.25) is 4.98 Å². The summed E-state index contributed by atoms with van der Waals surface area (Å²) in [5.41, 5.74) is 3.83. The minimum Gasteiger partial charge on any atom is -0.372 e. The fourth-order valence-electron chi connectivity index (χ4n) is 2.23. The number of benzene rings is 1. The van der Waals surface area contributed by atoms with Crippen LogP contribution in [0.15, 0.2) is 54.9 Å². The number of hydrogen-bond donors (Lipinski definition) is 0. The summed E-state index contributed by atoms with van der Waals surface area (Å²) >= 11 is 0. The van der Waals surface area contributed by atoms with E-state index in [-0.39, 0.29) is 0 Å². The van der Waals surface area contributed by atoms with Crippen molar-refractivity contribution in [2.45, 2.75) is 20.3 Å². The lowest BCUT2D eigenvalue weighted by molar-refractivity contribution is 0.866. The van der Waals surface area contributed by atoms with Crippen molar-refractivity contribution in [3.8, 4) is 0 Å². The number of allylic oxidation sites excluding steroid dienone is 1. The minimum atomic E-state index is 0.945. The summed E-state index contributed by atoms with van der Waals surface area (Å²) in [5.74, 6) is 0. The Balaban J connectivity index is 1.97. The molecule has 0 radical (unpaired) electrons. The molecule has 0 N–H and O–H groups in total. The van der Waals surface area contributed by atoms with Crippen molar-refractivity contribution >= 4 is 11.8 Å². The predicted octanol–water partition coefficient (Wildman–Crippen LogP) is 4.18. The van der Waals surface area contributed by atoms with Crippen molar-refractivity contribution in [3.05, 3.63) is 66.0 Å². The van der Waals surface area contributed by atoms with Gasteiger partial charge in [0.2, 0.25) is 0 Å². The van der Waals surface area contributed by atoms with E-state index in [4.69, 9.17) is 0 Å². The largest absolute Gasteiger partial charge is 0.372 e. The second-order valence-electron chi connectivity index (χ2n) is 4.73. The normalized spacial score (nSPS) is 10.9. The summed E-state index contributed by atoms with van der Waals surface area (Å²) in [7, 11) is 0. The highest BCUT2D eigenvalue weighted by Crippen LogP contribution is 2.15. The number of hydrogen-bond acceptors (Lipinski definition) is 2. The van der Waals surface area contributed by atoms with E-state index in [1.165, 1.54) is 16.8 Å². The second kappa shape index (κ2) is 7.49. The van der Waals surface area contributed by atoms with Crippen LogP contribution in [0, 0.1) is 0 Å². The molecule has 104 valence electrons. The molecule has 20 heavy (non-hydrogen) atoms. The fourth-order valence-corrected chi connectivity index (χ4v) is 2.23. The Morgan fingerprint density at radius 3 is 2.20 bits per heavy atom. The highest BCUT2D eigenvalue weighted by Gasteiger charge is 1.99. The van der Waals surface area contributed by atoms with Crippen molar-refractivity contribution in [1.82, 2.24) is 4.98 Å². The van der Waals surface area contributed by atoms with Crippen LogP contribution in [0.2, 0.25) is 0 Å². The van der Waals surface area contributed by atoms with E-state index in [0.29, 0.717) is 0 Å². The maximum atomic E-state index is 4.03. The summed E-state index contributed by atoms with van der Waals surface area (Å²) in [4.78, 5) is 6.38. The number of pyridine rings is 1. The van der Waals surface area contributed by atoms with Gasteiger partial charge in [0, 0.05) is 31.2 Å². The zero-order valence-corrected chi connectivity index (χ0v) is 12.3. The first kappa shape index (κ1) is 14.3. The molecule has 0 atom stereocenters. The Morgan fingerprint density at radius 2 is 1.60 bits per heavy atom. The summed E-state index contributed by atoms with van der Waals surface area (Å²) in [5, 5.41) is 0. The Labute approximate surface area is 121 Å². The van der Waals surface area contributed by atoms with Crippen molar-refractivity contribution in [2.75, 3.05) is 18.0 Å². The number of anilines is 1. The fraction of sp³-hybridized carbons (Fsp3) is 0.278. The quantitative estimate of drug-likeness (QED) is 0.779. The summed E-state index contributed by atoms with van der Waals surface area (Å²) in [6, 6.07) is 12.8. The average Bonchev–Trinajstić information content (AvgIpc) is 2.51. The van der Waals surface area contributed by atoms with E-state index in [2.05, 4.69) is 60.1 Å². The molecule has 2 heteroatoms. The van der Waals surface area contributed by atoms with Gasteiger partial charge in [0.05, 0.1) is 0 Å². The molecule has 0 amide bonds. The van der Waals surface area contributed by atoms with Crippen molar-refractivity contribution in [2.24, 2.45) is 0 Å². The standard InChI is InChI=1S/C18H22N2/c1-3-20(4-2)18-10-8-16(9-11-18)6-5-7-17-12-14-19-15-13-17/h5-6,8-15H,3-4,7H2,1-2H3. The highest BCUT2D eigenvalue weighted by molar-refractivity contribution is 5.56. The molecule has 2 nitrogen and oxygen atoms in total. The van der Waals surface area contributed by atoms with E-state index < -0.39 is 0 Å².